The first-order chi connectivity index (χ1) is 10.1. The zero-order chi connectivity index (χ0) is 15.0. The molecule has 0 aliphatic heterocycles. The predicted octanol–water partition coefficient (Wildman–Crippen LogP) is 5.15. The molecule has 21 heavy (non-hydrogen) atoms. The number of fused-ring (bicyclic) bond motifs is 1. The van der Waals surface area contributed by atoms with Crippen LogP contribution in [0.3, 0.4) is 0 Å². The molecular weight excluding hydrogens is 309 g/mol. The van der Waals surface area contributed by atoms with Crippen LogP contribution < -0.4 is 10.9 Å². The molecule has 3 nitrogen and oxygen atoms in total. The van der Waals surface area contributed by atoms with Gasteiger partial charge in [-0.15, -0.1) is 0 Å². The summed E-state index contributed by atoms with van der Waals surface area (Å²) in [4.78, 5) is 11.7. The lowest BCUT2D eigenvalue weighted by Gasteiger charge is -2.12. The van der Waals surface area contributed by atoms with Gasteiger partial charge in [-0.2, -0.15) is 0 Å². The zero-order valence-electron chi connectivity index (χ0n) is 11.1. The number of benzene rings is 2. The SMILES string of the molecule is Cc1cccc2c(Nc3c(Cl)cccc3Cl)cc(=O)oc12. The Balaban J connectivity index is 2.22. The normalized spacial score (nSPS) is 10.8. The van der Waals surface area contributed by atoms with Gasteiger partial charge in [0.15, 0.2) is 0 Å². The molecule has 3 aromatic rings. The number of anilines is 2. The summed E-state index contributed by atoms with van der Waals surface area (Å²) in [7, 11) is 0. The fourth-order valence-electron chi connectivity index (χ4n) is 2.18. The lowest BCUT2D eigenvalue weighted by molar-refractivity contribution is 0.559. The molecule has 3 rings (SSSR count). The Morgan fingerprint density at radius 1 is 1.05 bits per heavy atom. The molecular formula is C16H11Cl2NO2. The molecule has 1 aromatic heterocycles. The maximum Gasteiger partial charge on any atom is 0.338 e. The highest BCUT2D eigenvalue weighted by atomic mass is 35.5. The van der Waals surface area contributed by atoms with Crippen molar-refractivity contribution in [3.8, 4) is 0 Å². The van der Waals surface area contributed by atoms with E-state index in [1.54, 1.807) is 18.2 Å². The van der Waals surface area contributed by atoms with Gasteiger partial charge in [-0.25, -0.2) is 4.79 Å². The molecule has 106 valence electrons. The van der Waals surface area contributed by atoms with Crippen LogP contribution in [0.1, 0.15) is 5.56 Å². The van der Waals surface area contributed by atoms with E-state index in [9.17, 15) is 4.79 Å². The quantitative estimate of drug-likeness (QED) is 0.664. The standard InChI is InChI=1S/C16H11Cl2NO2/c1-9-4-2-5-10-13(8-14(20)21-16(9)10)19-15-11(17)6-3-7-12(15)18/h2-8,19H,1H3. The fraction of sp³-hybridized carbons (Fsp3) is 0.0625. The summed E-state index contributed by atoms with van der Waals surface area (Å²) < 4.78 is 5.27. The third kappa shape index (κ3) is 2.62. The minimum Gasteiger partial charge on any atom is -0.422 e. The third-order valence-electron chi connectivity index (χ3n) is 3.19. The van der Waals surface area contributed by atoms with Crippen molar-refractivity contribution in [3.05, 3.63) is 68.5 Å². The monoisotopic (exact) mass is 319 g/mol. The first-order valence-electron chi connectivity index (χ1n) is 6.31. The van der Waals surface area contributed by atoms with Crippen LogP contribution >= 0.6 is 23.2 Å². The molecule has 0 bridgehead atoms. The molecule has 1 heterocycles. The van der Waals surface area contributed by atoms with E-state index in [4.69, 9.17) is 27.6 Å². The number of aryl methyl sites for hydroxylation is 1. The maximum absolute atomic E-state index is 11.7. The van der Waals surface area contributed by atoms with Gasteiger partial charge in [0.2, 0.25) is 0 Å². The summed E-state index contributed by atoms with van der Waals surface area (Å²) in [6.45, 7) is 1.89. The summed E-state index contributed by atoms with van der Waals surface area (Å²) in [5.41, 5.74) is 2.19. The highest BCUT2D eigenvalue weighted by molar-refractivity contribution is 6.39. The number of nitrogens with one attached hydrogen (secondary N) is 1. The average molecular weight is 320 g/mol. The second-order valence-corrected chi connectivity index (χ2v) is 5.47. The van der Waals surface area contributed by atoms with Gasteiger partial charge < -0.3 is 9.73 Å². The molecule has 0 fully saturated rings. The summed E-state index contributed by atoms with van der Waals surface area (Å²) in [6, 6.07) is 12.3. The van der Waals surface area contributed by atoms with Crippen molar-refractivity contribution in [1.29, 1.82) is 0 Å². The Morgan fingerprint density at radius 3 is 2.43 bits per heavy atom. The van der Waals surface area contributed by atoms with Crippen LogP contribution in [0.4, 0.5) is 11.4 Å². The second kappa shape index (κ2) is 5.43. The Bertz CT molecular complexity index is 867. The van der Waals surface area contributed by atoms with Crippen LogP contribution in [0.2, 0.25) is 10.0 Å². The first-order valence-corrected chi connectivity index (χ1v) is 7.06. The molecule has 2 aromatic carbocycles. The van der Waals surface area contributed by atoms with Crippen LogP contribution in [-0.2, 0) is 0 Å². The highest BCUT2D eigenvalue weighted by Gasteiger charge is 2.11. The summed E-state index contributed by atoms with van der Waals surface area (Å²) in [5, 5.41) is 4.89. The molecule has 0 saturated carbocycles. The second-order valence-electron chi connectivity index (χ2n) is 4.65. The summed E-state index contributed by atoms with van der Waals surface area (Å²) >= 11 is 12.3. The van der Waals surface area contributed by atoms with E-state index in [0.29, 0.717) is 27.0 Å². The third-order valence-corrected chi connectivity index (χ3v) is 3.82. The van der Waals surface area contributed by atoms with Crippen LogP contribution in [0, 0.1) is 6.92 Å². The van der Waals surface area contributed by atoms with Gasteiger partial charge in [0, 0.05) is 11.5 Å². The zero-order valence-corrected chi connectivity index (χ0v) is 12.6. The van der Waals surface area contributed by atoms with Gasteiger partial charge >= 0.3 is 5.63 Å². The van der Waals surface area contributed by atoms with Gasteiger partial charge in [-0.05, 0) is 30.7 Å². The van der Waals surface area contributed by atoms with Crippen LogP contribution in [0.25, 0.3) is 11.0 Å². The van der Waals surface area contributed by atoms with Crippen molar-refractivity contribution in [1.82, 2.24) is 0 Å². The molecule has 0 spiro atoms. The average Bonchev–Trinajstić information content (AvgIpc) is 2.44. The van der Waals surface area contributed by atoms with Crippen molar-refractivity contribution in [2.24, 2.45) is 0 Å². The molecule has 0 aliphatic carbocycles. The lowest BCUT2D eigenvalue weighted by Crippen LogP contribution is -2.02. The van der Waals surface area contributed by atoms with E-state index in [0.717, 1.165) is 10.9 Å². The van der Waals surface area contributed by atoms with E-state index in [1.807, 2.05) is 25.1 Å². The Morgan fingerprint density at radius 2 is 1.71 bits per heavy atom. The fourth-order valence-corrected chi connectivity index (χ4v) is 2.67. The van der Waals surface area contributed by atoms with Gasteiger partial charge in [-0.3, -0.25) is 0 Å². The van der Waals surface area contributed by atoms with Gasteiger partial charge in [-0.1, -0.05) is 41.4 Å². The number of rotatable bonds is 2. The summed E-state index contributed by atoms with van der Waals surface area (Å²) in [5.74, 6) is 0. The molecule has 0 unspecified atom stereocenters. The molecule has 0 radical (unpaired) electrons. The van der Waals surface area contributed by atoms with Crippen LogP contribution in [-0.4, -0.2) is 0 Å². The Kier molecular flexibility index (Phi) is 3.62. The van der Waals surface area contributed by atoms with Gasteiger partial charge in [0.1, 0.15) is 5.58 Å². The van der Waals surface area contributed by atoms with E-state index in [2.05, 4.69) is 5.32 Å². The Labute approximate surface area is 131 Å². The summed E-state index contributed by atoms with van der Waals surface area (Å²) in [6.07, 6.45) is 0. The van der Waals surface area contributed by atoms with E-state index < -0.39 is 5.63 Å². The minimum absolute atomic E-state index is 0.428. The molecule has 5 heteroatoms. The first kappa shape index (κ1) is 14.0. The van der Waals surface area contributed by atoms with E-state index >= 15 is 0 Å². The molecule has 1 N–H and O–H groups in total. The van der Waals surface area contributed by atoms with Crippen molar-refractivity contribution in [2.45, 2.75) is 6.92 Å². The van der Waals surface area contributed by atoms with Crippen molar-refractivity contribution < 1.29 is 4.42 Å². The molecule has 0 saturated heterocycles. The number of para-hydroxylation sites is 2. The minimum atomic E-state index is -0.428. The topological polar surface area (TPSA) is 42.2 Å². The van der Waals surface area contributed by atoms with Crippen molar-refractivity contribution >= 4 is 45.5 Å². The van der Waals surface area contributed by atoms with Crippen molar-refractivity contribution in [3.63, 3.8) is 0 Å². The number of hydrogen-bond acceptors (Lipinski definition) is 3. The largest absolute Gasteiger partial charge is 0.422 e. The van der Waals surface area contributed by atoms with Gasteiger partial charge in [0.05, 0.1) is 21.4 Å². The Hall–Kier alpha value is -1.97. The molecule has 0 aliphatic rings. The van der Waals surface area contributed by atoms with Gasteiger partial charge in [0.25, 0.3) is 0 Å². The van der Waals surface area contributed by atoms with Crippen LogP contribution in [0.5, 0.6) is 0 Å². The molecule has 0 atom stereocenters. The van der Waals surface area contributed by atoms with Crippen LogP contribution in [0.15, 0.2) is 51.7 Å². The lowest BCUT2D eigenvalue weighted by atomic mass is 10.1. The van der Waals surface area contributed by atoms with E-state index in [-0.39, 0.29) is 0 Å². The maximum atomic E-state index is 11.7. The van der Waals surface area contributed by atoms with E-state index in [1.165, 1.54) is 6.07 Å². The predicted molar refractivity (Wildman–Crippen MR) is 87.0 cm³/mol. The number of hydrogen-bond donors (Lipinski definition) is 1. The molecule has 0 amide bonds. The highest BCUT2D eigenvalue weighted by Crippen LogP contribution is 2.34. The number of halogens is 2. The smallest absolute Gasteiger partial charge is 0.338 e. The van der Waals surface area contributed by atoms with Crippen molar-refractivity contribution in [2.75, 3.05) is 5.32 Å².